The molecule has 0 aromatic heterocycles. The minimum Gasteiger partial charge on any atom is -0.368 e. The van der Waals surface area contributed by atoms with E-state index in [0.29, 0.717) is 42.3 Å². The van der Waals surface area contributed by atoms with Crippen LogP contribution >= 0.6 is 11.6 Å². The predicted molar refractivity (Wildman–Crippen MR) is 104 cm³/mol. The molecule has 1 fully saturated rings. The maximum Gasteiger partial charge on any atom is 0.254 e. The number of carbonyl (C=O) groups excluding carboxylic acids is 1. The molecule has 1 aliphatic heterocycles. The number of hydrogen-bond acceptors (Lipinski definition) is 5. The van der Waals surface area contributed by atoms with Gasteiger partial charge >= 0.3 is 0 Å². The lowest BCUT2D eigenvalue weighted by Crippen LogP contribution is -2.48. The maximum absolute atomic E-state index is 12.7. The van der Waals surface area contributed by atoms with E-state index in [2.05, 4.69) is 4.90 Å². The lowest BCUT2D eigenvalue weighted by atomic mass is 10.1. The zero-order chi connectivity index (χ0) is 19.6. The Kier molecular flexibility index (Phi) is 5.40. The quantitative estimate of drug-likeness (QED) is 0.786. The second-order valence-corrected chi connectivity index (χ2v) is 8.78. The Morgan fingerprint density at radius 2 is 1.81 bits per heavy atom. The van der Waals surface area contributed by atoms with Crippen LogP contribution in [0.1, 0.15) is 15.9 Å². The second-order valence-electron chi connectivity index (χ2n) is 6.36. The SMILES string of the molecule is CS(=O)(=O)c1cccc(C(=O)N2CCN(c3ccc(C#N)c(Cl)c3)CC2)c1. The average molecular weight is 404 g/mol. The van der Waals surface area contributed by atoms with Crippen LogP contribution in [0.15, 0.2) is 47.4 Å². The second kappa shape index (κ2) is 7.59. The highest BCUT2D eigenvalue weighted by Crippen LogP contribution is 2.24. The van der Waals surface area contributed by atoms with Crippen molar-refractivity contribution < 1.29 is 13.2 Å². The van der Waals surface area contributed by atoms with Crippen molar-refractivity contribution in [2.75, 3.05) is 37.3 Å². The lowest BCUT2D eigenvalue weighted by molar-refractivity contribution is 0.0746. The molecule has 0 spiro atoms. The topological polar surface area (TPSA) is 81.5 Å². The molecule has 8 heteroatoms. The van der Waals surface area contributed by atoms with Crippen LogP contribution in [0.25, 0.3) is 0 Å². The Bertz CT molecular complexity index is 1020. The summed E-state index contributed by atoms with van der Waals surface area (Å²) in [5, 5.41) is 9.37. The van der Waals surface area contributed by atoms with Crippen molar-refractivity contribution in [1.29, 1.82) is 5.26 Å². The zero-order valence-electron chi connectivity index (χ0n) is 14.7. The number of nitriles is 1. The van der Waals surface area contributed by atoms with Gasteiger partial charge in [0.25, 0.3) is 5.91 Å². The highest BCUT2D eigenvalue weighted by molar-refractivity contribution is 7.90. The average Bonchev–Trinajstić information content (AvgIpc) is 2.67. The molecule has 2 aromatic rings. The molecule has 6 nitrogen and oxygen atoms in total. The first-order valence-corrected chi connectivity index (χ1v) is 10.6. The van der Waals surface area contributed by atoms with Crippen molar-refractivity contribution in [3.8, 4) is 6.07 Å². The Morgan fingerprint density at radius 3 is 2.41 bits per heavy atom. The molecule has 0 aliphatic carbocycles. The minimum absolute atomic E-state index is 0.138. The summed E-state index contributed by atoms with van der Waals surface area (Å²) in [6.45, 7) is 2.28. The van der Waals surface area contributed by atoms with Crippen LogP contribution in [0.4, 0.5) is 5.69 Å². The van der Waals surface area contributed by atoms with Gasteiger partial charge in [-0.15, -0.1) is 0 Å². The third-order valence-corrected chi connectivity index (χ3v) is 5.94. The van der Waals surface area contributed by atoms with Crippen molar-refractivity contribution >= 4 is 33.0 Å². The summed E-state index contributed by atoms with van der Waals surface area (Å²) in [4.78, 5) is 16.7. The number of amides is 1. The standard InChI is InChI=1S/C19H18ClN3O3S/c1-27(25,26)17-4-2-3-14(11-17)19(24)23-9-7-22(8-10-23)16-6-5-15(13-21)18(20)12-16/h2-6,11-12H,7-10H2,1H3. The first-order chi connectivity index (χ1) is 12.8. The smallest absolute Gasteiger partial charge is 0.254 e. The molecule has 0 N–H and O–H groups in total. The van der Waals surface area contributed by atoms with Gasteiger partial charge in [-0.2, -0.15) is 5.26 Å². The first kappa shape index (κ1) is 19.2. The number of rotatable bonds is 3. The summed E-state index contributed by atoms with van der Waals surface area (Å²) in [5.74, 6) is -0.182. The molecule has 140 valence electrons. The minimum atomic E-state index is -3.36. The molecule has 0 bridgehead atoms. The van der Waals surface area contributed by atoms with E-state index in [9.17, 15) is 13.2 Å². The Labute approximate surface area is 163 Å². The molecule has 0 atom stereocenters. The van der Waals surface area contributed by atoms with Gasteiger partial charge in [-0.05, 0) is 36.4 Å². The van der Waals surface area contributed by atoms with Crippen LogP contribution in [0.5, 0.6) is 0 Å². The van der Waals surface area contributed by atoms with E-state index in [1.54, 1.807) is 29.2 Å². The molecule has 1 heterocycles. The van der Waals surface area contributed by atoms with Gasteiger partial charge < -0.3 is 9.80 Å². The van der Waals surface area contributed by atoms with Gasteiger partial charge in [0.1, 0.15) is 6.07 Å². The van der Waals surface area contributed by atoms with Gasteiger partial charge in [0, 0.05) is 43.7 Å². The lowest BCUT2D eigenvalue weighted by Gasteiger charge is -2.36. The molecule has 0 unspecified atom stereocenters. The summed E-state index contributed by atoms with van der Waals surface area (Å²) in [6, 6.07) is 13.4. The molecular formula is C19H18ClN3O3S. The molecule has 2 aromatic carbocycles. The van der Waals surface area contributed by atoms with E-state index < -0.39 is 9.84 Å². The van der Waals surface area contributed by atoms with Gasteiger partial charge in [-0.1, -0.05) is 17.7 Å². The van der Waals surface area contributed by atoms with Crippen LogP contribution in [0.2, 0.25) is 5.02 Å². The van der Waals surface area contributed by atoms with Gasteiger partial charge in [0.2, 0.25) is 0 Å². The molecular weight excluding hydrogens is 386 g/mol. The fraction of sp³-hybridized carbons (Fsp3) is 0.263. The zero-order valence-corrected chi connectivity index (χ0v) is 16.3. The molecule has 0 radical (unpaired) electrons. The molecule has 1 saturated heterocycles. The van der Waals surface area contributed by atoms with E-state index in [1.165, 1.54) is 12.1 Å². The van der Waals surface area contributed by atoms with Crippen LogP contribution in [0, 0.1) is 11.3 Å². The van der Waals surface area contributed by atoms with E-state index in [4.69, 9.17) is 16.9 Å². The number of piperazine rings is 1. The summed E-state index contributed by atoms with van der Waals surface area (Å²) in [5.41, 5.74) is 1.71. The molecule has 1 amide bonds. The summed E-state index contributed by atoms with van der Waals surface area (Å²) in [6.07, 6.45) is 1.12. The van der Waals surface area contributed by atoms with Crippen molar-refractivity contribution in [1.82, 2.24) is 4.90 Å². The van der Waals surface area contributed by atoms with Crippen LogP contribution < -0.4 is 4.90 Å². The van der Waals surface area contributed by atoms with Crippen LogP contribution in [0.3, 0.4) is 0 Å². The number of nitrogens with zero attached hydrogens (tertiary/aromatic N) is 3. The maximum atomic E-state index is 12.7. The molecule has 27 heavy (non-hydrogen) atoms. The Morgan fingerprint density at radius 1 is 1.11 bits per heavy atom. The van der Waals surface area contributed by atoms with Crippen LogP contribution in [-0.4, -0.2) is 51.7 Å². The Balaban J connectivity index is 1.70. The number of carbonyl (C=O) groups is 1. The van der Waals surface area contributed by atoms with Gasteiger partial charge in [-0.25, -0.2) is 8.42 Å². The monoisotopic (exact) mass is 403 g/mol. The Hall–Kier alpha value is -2.56. The number of hydrogen-bond donors (Lipinski definition) is 0. The number of benzene rings is 2. The van der Waals surface area contributed by atoms with Crippen LogP contribution in [-0.2, 0) is 9.84 Å². The van der Waals surface area contributed by atoms with Crippen molar-refractivity contribution in [3.63, 3.8) is 0 Å². The normalized spacial score (nSPS) is 14.7. The fourth-order valence-electron chi connectivity index (χ4n) is 3.00. The number of sulfone groups is 1. The van der Waals surface area contributed by atoms with Crippen molar-refractivity contribution in [3.05, 3.63) is 58.6 Å². The molecule has 0 saturated carbocycles. The highest BCUT2D eigenvalue weighted by Gasteiger charge is 2.23. The largest absolute Gasteiger partial charge is 0.368 e. The highest BCUT2D eigenvalue weighted by atomic mass is 35.5. The summed E-state index contributed by atoms with van der Waals surface area (Å²) in [7, 11) is -3.36. The first-order valence-electron chi connectivity index (χ1n) is 8.33. The van der Waals surface area contributed by atoms with Gasteiger partial charge in [0.05, 0.1) is 15.5 Å². The molecule has 1 aliphatic rings. The van der Waals surface area contributed by atoms with Crippen molar-refractivity contribution in [2.24, 2.45) is 0 Å². The van der Waals surface area contributed by atoms with Gasteiger partial charge in [0.15, 0.2) is 9.84 Å². The van der Waals surface area contributed by atoms with Crippen molar-refractivity contribution in [2.45, 2.75) is 4.90 Å². The van der Waals surface area contributed by atoms with E-state index in [-0.39, 0.29) is 10.8 Å². The van der Waals surface area contributed by atoms with E-state index in [0.717, 1.165) is 11.9 Å². The number of halogens is 1. The van der Waals surface area contributed by atoms with Gasteiger partial charge in [-0.3, -0.25) is 4.79 Å². The summed E-state index contributed by atoms with van der Waals surface area (Å²) >= 11 is 6.10. The van der Waals surface area contributed by atoms with E-state index >= 15 is 0 Å². The third-order valence-electron chi connectivity index (χ3n) is 4.51. The number of anilines is 1. The van der Waals surface area contributed by atoms with E-state index in [1.807, 2.05) is 12.1 Å². The molecule has 3 rings (SSSR count). The third kappa shape index (κ3) is 4.24. The predicted octanol–water partition coefficient (Wildman–Crippen LogP) is 2.58. The fourth-order valence-corrected chi connectivity index (χ4v) is 3.89. The summed E-state index contributed by atoms with van der Waals surface area (Å²) < 4.78 is 23.4.